The van der Waals surface area contributed by atoms with Crippen LogP contribution in [-0.4, -0.2) is 44.2 Å². The fourth-order valence-electron chi connectivity index (χ4n) is 3.03. The minimum absolute atomic E-state index is 0.206. The van der Waals surface area contributed by atoms with Gasteiger partial charge in [0.15, 0.2) is 0 Å². The number of nitrogens with two attached hydrogens (primary N) is 1. The van der Waals surface area contributed by atoms with Crippen LogP contribution in [0.15, 0.2) is 0 Å². The molecule has 0 aliphatic heterocycles. The monoisotopic (exact) mass is 255 g/mol. The lowest BCUT2D eigenvalue weighted by Crippen LogP contribution is -2.55. The van der Waals surface area contributed by atoms with Crippen LogP contribution in [0.25, 0.3) is 0 Å². The average molecular weight is 255 g/mol. The molecule has 3 heteroatoms. The van der Waals surface area contributed by atoms with Crippen LogP contribution in [0.3, 0.4) is 0 Å². The molecule has 1 fully saturated rings. The maximum Gasteiger partial charge on any atom is 0.0304 e. The smallest absolute Gasteiger partial charge is 0.0304 e. The summed E-state index contributed by atoms with van der Waals surface area (Å²) in [6.07, 6.45) is 5.10. The van der Waals surface area contributed by atoms with Crippen molar-refractivity contribution in [3.05, 3.63) is 0 Å². The number of nitrogens with zero attached hydrogens (tertiary/aromatic N) is 1. The van der Waals surface area contributed by atoms with E-state index in [9.17, 15) is 0 Å². The Kier molecular flexibility index (Phi) is 5.63. The molecule has 0 atom stereocenters. The first-order valence-corrected chi connectivity index (χ1v) is 7.39. The van der Waals surface area contributed by atoms with E-state index in [1.165, 1.54) is 25.7 Å². The summed E-state index contributed by atoms with van der Waals surface area (Å²) in [5.74, 6) is 0.854. The molecule has 0 saturated heterocycles. The predicted octanol–water partition coefficient (Wildman–Crippen LogP) is 2.07. The molecular formula is C15H33N3. The maximum atomic E-state index is 6.03. The van der Waals surface area contributed by atoms with E-state index in [2.05, 4.69) is 45.1 Å². The predicted molar refractivity (Wildman–Crippen MR) is 79.8 cm³/mol. The van der Waals surface area contributed by atoms with Gasteiger partial charge in [-0.25, -0.2) is 0 Å². The molecule has 1 aliphatic rings. The molecule has 0 heterocycles. The molecule has 0 aromatic heterocycles. The fraction of sp³-hybridized carbons (Fsp3) is 1.00. The third kappa shape index (κ3) is 4.52. The standard InChI is InChI=1S/C15H33N3/c1-14(2,3)13-6-8-15(12-16,9-7-13)17-10-11-18(4)5/h13,17H,6-12,16H2,1-5H3. The largest absolute Gasteiger partial charge is 0.329 e. The normalized spacial score (nSPS) is 29.8. The van der Waals surface area contributed by atoms with Gasteiger partial charge in [-0.15, -0.1) is 0 Å². The van der Waals surface area contributed by atoms with E-state index < -0.39 is 0 Å². The van der Waals surface area contributed by atoms with Crippen molar-refractivity contribution >= 4 is 0 Å². The highest BCUT2D eigenvalue weighted by Gasteiger charge is 2.37. The third-order valence-corrected chi connectivity index (χ3v) is 4.62. The van der Waals surface area contributed by atoms with Crippen LogP contribution in [0.5, 0.6) is 0 Å². The molecule has 0 unspecified atom stereocenters. The highest BCUT2D eigenvalue weighted by atomic mass is 15.1. The zero-order chi connectivity index (χ0) is 13.8. The van der Waals surface area contributed by atoms with Crippen molar-refractivity contribution in [1.82, 2.24) is 10.2 Å². The van der Waals surface area contributed by atoms with Crippen LogP contribution >= 0.6 is 0 Å². The highest BCUT2D eigenvalue weighted by molar-refractivity contribution is 4.95. The number of nitrogens with one attached hydrogen (secondary N) is 1. The highest BCUT2D eigenvalue weighted by Crippen LogP contribution is 2.41. The minimum atomic E-state index is 0.206. The summed E-state index contributed by atoms with van der Waals surface area (Å²) in [4.78, 5) is 2.22. The van der Waals surface area contributed by atoms with Crippen molar-refractivity contribution in [1.29, 1.82) is 0 Å². The number of likely N-dealkylation sites (N-methyl/N-ethyl adjacent to an activating group) is 1. The van der Waals surface area contributed by atoms with Gasteiger partial charge in [0.1, 0.15) is 0 Å². The summed E-state index contributed by atoms with van der Waals surface area (Å²) >= 11 is 0. The van der Waals surface area contributed by atoms with Gasteiger partial charge in [0, 0.05) is 25.2 Å². The Hall–Kier alpha value is -0.120. The molecule has 0 spiro atoms. The molecular weight excluding hydrogens is 222 g/mol. The molecule has 0 bridgehead atoms. The zero-order valence-electron chi connectivity index (χ0n) is 13.1. The van der Waals surface area contributed by atoms with Crippen molar-refractivity contribution in [3.8, 4) is 0 Å². The van der Waals surface area contributed by atoms with Gasteiger partial charge < -0.3 is 16.0 Å². The first-order chi connectivity index (χ1) is 8.29. The van der Waals surface area contributed by atoms with Gasteiger partial charge in [0.05, 0.1) is 0 Å². The lowest BCUT2D eigenvalue weighted by molar-refractivity contribution is 0.116. The van der Waals surface area contributed by atoms with Crippen LogP contribution in [0.1, 0.15) is 46.5 Å². The maximum absolute atomic E-state index is 6.03. The summed E-state index contributed by atoms with van der Waals surface area (Å²) in [5.41, 5.74) is 6.69. The summed E-state index contributed by atoms with van der Waals surface area (Å²) in [5, 5.41) is 3.72. The van der Waals surface area contributed by atoms with Crippen molar-refractivity contribution in [2.24, 2.45) is 17.1 Å². The molecule has 18 heavy (non-hydrogen) atoms. The van der Waals surface area contributed by atoms with Crippen molar-refractivity contribution < 1.29 is 0 Å². The van der Waals surface area contributed by atoms with Gasteiger partial charge in [-0.2, -0.15) is 0 Å². The van der Waals surface area contributed by atoms with E-state index in [-0.39, 0.29) is 5.54 Å². The first-order valence-electron chi connectivity index (χ1n) is 7.39. The van der Waals surface area contributed by atoms with Crippen molar-refractivity contribution in [2.45, 2.75) is 52.0 Å². The summed E-state index contributed by atoms with van der Waals surface area (Å²) < 4.78 is 0. The summed E-state index contributed by atoms with van der Waals surface area (Å²) in [6.45, 7) is 10.0. The minimum Gasteiger partial charge on any atom is -0.329 e. The number of rotatable bonds is 5. The second-order valence-corrected chi connectivity index (χ2v) is 7.35. The molecule has 0 aromatic carbocycles. The summed E-state index contributed by atoms with van der Waals surface area (Å²) in [7, 11) is 4.24. The van der Waals surface area contributed by atoms with Crippen molar-refractivity contribution in [2.75, 3.05) is 33.7 Å². The lowest BCUT2D eigenvalue weighted by atomic mass is 9.67. The van der Waals surface area contributed by atoms with Crippen LogP contribution in [0, 0.1) is 11.3 Å². The van der Waals surface area contributed by atoms with Crippen LogP contribution in [0.4, 0.5) is 0 Å². The van der Waals surface area contributed by atoms with E-state index in [1.807, 2.05) is 0 Å². The zero-order valence-corrected chi connectivity index (χ0v) is 13.1. The number of hydrogen-bond donors (Lipinski definition) is 2. The van der Waals surface area contributed by atoms with Crippen LogP contribution in [0.2, 0.25) is 0 Å². The van der Waals surface area contributed by atoms with Gasteiger partial charge in [-0.05, 0) is 51.1 Å². The fourth-order valence-corrected chi connectivity index (χ4v) is 3.03. The Balaban J connectivity index is 2.44. The molecule has 3 nitrogen and oxygen atoms in total. The van der Waals surface area contributed by atoms with Gasteiger partial charge in [-0.3, -0.25) is 0 Å². The molecule has 1 rings (SSSR count). The Morgan fingerprint density at radius 2 is 1.78 bits per heavy atom. The second-order valence-electron chi connectivity index (χ2n) is 7.35. The molecule has 0 radical (unpaired) electrons. The molecule has 108 valence electrons. The van der Waals surface area contributed by atoms with Gasteiger partial charge >= 0.3 is 0 Å². The number of hydrogen-bond acceptors (Lipinski definition) is 3. The SMILES string of the molecule is CN(C)CCNC1(CN)CCC(C(C)(C)C)CC1. The lowest BCUT2D eigenvalue weighted by Gasteiger charge is -2.44. The van der Waals surface area contributed by atoms with Gasteiger partial charge in [0.25, 0.3) is 0 Å². The topological polar surface area (TPSA) is 41.3 Å². The van der Waals surface area contributed by atoms with Crippen LogP contribution in [-0.2, 0) is 0 Å². The quantitative estimate of drug-likeness (QED) is 0.790. The van der Waals surface area contributed by atoms with Gasteiger partial charge in [-0.1, -0.05) is 20.8 Å². The molecule has 3 N–H and O–H groups in total. The molecule has 0 amide bonds. The van der Waals surface area contributed by atoms with Crippen LogP contribution < -0.4 is 11.1 Å². The Morgan fingerprint density at radius 1 is 1.22 bits per heavy atom. The first kappa shape index (κ1) is 15.9. The van der Waals surface area contributed by atoms with E-state index >= 15 is 0 Å². The van der Waals surface area contributed by atoms with Crippen molar-refractivity contribution in [3.63, 3.8) is 0 Å². The molecule has 1 aliphatic carbocycles. The van der Waals surface area contributed by atoms with E-state index in [4.69, 9.17) is 5.73 Å². The Morgan fingerprint density at radius 3 is 2.17 bits per heavy atom. The summed E-state index contributed by atoms with van der Waals surface area (Å²) in [6, 6.07) is 0. The third-order valence-electron chi connectivity index (χ3n) is 4.62. The second kappa shape index (κ2) is 6.36. The molecule has 0 aromatic rings. The molecule has 1 saturated carbocycles. The van der Waals surface area contributed by atoms with E-state index in [0.717, 1.165) is 25.6 Å². The van der Waals surface area contributed by atoms with Gasteiger partial charge in [0.2, 0.25) is 0 Å². The Bertz CT molecular complexity index is 235. The van der Waals surface area contributed by atoms with E-state index in [1.54, 1.807) is 0 Å². The average Bonchev–Trinajstić information content (AvgIpc) is 2.28. The van der Waals surface area contributed by atoms with E-state index in [0.29, 0.717) is 5.41 Å². The Labute approximate surface area is 113 Å².